The van der Waals surface area contributed by atoms with Crippen molar-refractivity contribution in [2.45, 2.75) is 123 Å². The molecule has 1 aromatic rings. The standard InChI is InChI=1S/C24H41NO2Si/c1-9-19-20-13-11-12-18-14-22(24(25(18)20)23(19)21(26)10-2)27-28(15(3)4,16(5)6)17(7)8/h15-18,22H,9-14H2,1-8H3/t18-,22+/m1/s1. The molecule has 2 aliphatic rings. The van der Waals surface area contributed by atoms with E-state index in [4.69, 9.17) is 4.43 Å². The Morgan fingerprint density at radius 3 is 2.21 bits per heavy atom. The molecule has 0 aliphatic carbocycles. The molecular formula is C24H41NO2Si. The van der Waals surface area contributed by atoms with Crippen molar-refractivity contribution in [1.82, 2.24) is 4.57 Å². The highest BCUT2D eigenvalue weighted by molar-refractivity contribution is 6.77. The summed E-state index contributed by atoms with van der Waals surface area (Å²) >= 11 is 0. The number of nitrogens with zero attached hydrogens (tertiary/aromatic N) is 1. The average molecular weight is 404 g/mol. The monoisotopic (exact) mass is 403 g/mol. The van der Waals surface area contributed by atoms with Gasteiger partial charge in [0.25, 0.3) is 0 Å². The van der Waals surface area contributed by atoms with Gasteiger partial charge in [-0.25, -0.2) is 0 Å². The zero-order valence-corrected chi connectivity index (χ0v) is 20.4. The van der Waals surface area contributed by atoms with Gasteiger partial charge < -0.3 is 8.99 Å². The number of carbonyl (C=O) groups is 1. The van der Waals surface area contributed by atoms with Crippen LogP contribution in [0.15, 0.2) is 0 Å². The maximum atomic E-state index is 13.1. The minimum Gasteiger partial charge on any atom is -0.408 e. The minimum absolute atomic E-state index is 0.103. The van der Waals surface area contributed by atoms with Crippen LogP contribution in [-0.4, -0.2) is 18.7 Å². The van der Waals surface area contributed by atoms with Gasteiger partial charge in [0, 0.05) is 23.7 Å². The largest absolute Gasteiger partial charge is 0.408 e. The van der Waals surface area contributed by atoms with Crippen molar-refractivity contribution in [3.63, 3.8) is 0 Å². The molecule has 3 rings (SSSR count). The molecule has 2 aliphatic heterocycles. The van der Waals surface area contributed by atoms with Gasteiger partial charge in [-0.15, -0.1) is 0 Å². The molecule has 0 aromatic carbocycles. The van der Waals surface area contributed by atoms with E-state index >= 15 is 0 Å². The predicted molar refractivity (Wildman–Crippen MR) is 120 cm³/mol. The third-order valence-corrected chi connectivity index (χ3v) is 13.7. The molecule has 3 nitrogen and oxygen atoms in total. The Kier molecular flexibility index (Phi) is 6.31. The van der Waals surface area contributed by atoms with Gasteiger partial charge in [-0.3, -0.25) is 4.79 Å². The van der Waals surface area contributed by atoms with E-state index in [1.807, 2.05) is 6.92 Å². The molecule has 0 fully saturated rings. The predicted octanol–water partition coefficient (Wildman–Crippen LogP) is 7.16. The number of hydrogen-bond acceptors (Lipinski definition) is 2. The Bertz CT molecular complexity index is 710. The van der Waals surface area contributed by atoms with Gasteiger partial charge >= 0.3 is 0 Å². The molecule has 4 heteroatoms. The highest BCUT2D eigenvalue weighted by atomic mass is 28.4. The van der Waals surface area contributed by atoms with Crippen LogP contribution in [0.5, 0.6) is 0 Å². The van der Waals surface area contributed by atoms with Crippen LogP contribution < -0.4 is 0 Å². The first-order valence-electron chi connectivity index (χ1n) is 11.7. The lowest BCUT2D eigenvalue weighted by Crippen LogP contribution is -2.48. The topological polar surface area (TPSA) is 31.2 Å². The van der Waals surface area contributed by atoms with Crippen molar-refractivity contribution in [3.8, 4) is 0 Å². The fourth-order valence-electron chi connectivity index (χ4n) is 6.56. The summed E-state index contributed by atoms with van der Waals surface area (Å²) in [7, 11) is -1.99. The lowest BCUT2D eigenvalue weighted by molar-refractivity contribution is 0.0980. The number of Topliss-reactive ketones (excluding diaryl/α,β-unsaturated/α-hetero) is 1. The maximum Gasteiger partial charge on any atom is 0.201 e. The van der Waals surface area contributed by atoms with Crippen LogP contribution in [0.25, 0.3) is 0 Å². The summed E-state index contributed by atoms with van der Waals surface area (Å²) in [6.07, 6.45) is 6.31. The highest BCUT2D eigenvalue weighted by Crippen LogP contribution is 2.53. The Balaban J connectivity index is 2.14. The van der Waals surface area contributed by atoms with Gasteiger partial charge in [0.15, 0.2) is 5.78 Å². The van der Waals surface area contributed by atoms with E-state index in [1.165, 1.54) is 29.8 Å². The van der Waals surface area contributed by atoms with Crippen LogP contribution in [0.3, 0.4) is 0 Å². The van der Waals surface area contributed by atoms with Crippen LogP contribution in [0.2, 0.25) is 16.6 Å². The molecule has 0 N–H and O–H groups in total. The first-order chi connectivity index (χ1) is 13.2. The van der Waals surface area contributed by atoms with E-state index in [0.29, 0.717) is 34.9 Å². The summed E-state index contributed by atoms with van der Waals surface area (Å²) in [4.78, 5) is 13.1. The fourth-order valence-corrected chi connectivity index (χ4v) is 12.1. The van der Waals surface area contributed by atoms with Gasteiger partial charge in [-0.1, -0.05) is 55.4 Å². The van der Waals surface area contributed by atoms with E-state index < -0.39 is 8.32 Å². The summed E-state index contributed by atoms with van der Waals surface area (Å²) in [5.41, 5.74) is 6.76. The van der Waals surface area contributed by atoms with Crippen LogP contribution in [0, 0.1) is 0 Å². The van der Waals surface area contributed by atoms with Crippen molar-refractivity contribution in [2.75, 3.05) is 0 Å². The summed E-state index contributed by atoms with van der Waals surface area (Å²) in [6.45, 7) is 18.4. The van der Waals surface area contributed by atoms with Crippen molar-refractivity contribution in [3.05, 3.63) is 22.5 Å². The summed E-state index contributed by atoms with van der Waals surface area (Å²) in [6, 6.07) is 0.533. The van der Waals surface area contributed by atoms with Crippen molar-refractivity contribution in [2.24, 2.45) is 0 Å². The maximum absolute atomic E-state index is 13.1. The minimum atomic E-state index is -1.99. The summed E-state index contributed by atoms with van der Waals surface area (Å²) in [5, 5.41) is 0. The van der Waals surface area contributed by atoms with Gasteiger partial charge in [0.1, 0.15) is 0 Å². The average Bonchev–Trinajstić information content (AvgIpc) is 3.17. The molecule has 1 aromatic heterocycles. The van der Waals surface area contributed by atoms with Crippen LogP contribution in [-0.2, 0) is 17.3 Å². The molecule has 0 unspecified atom stereocenters. The smallest absolute Gasteiger partial charge is 0.201 e. The molecule has 158 valence electrons. The number of carbonyl (C=O) groups excluding carboxylic acids is 1. The zero-order chi connectivity index (χ0) is 20.8. The quantitative estimate of drug-likeness (QED) is 0.340. The SMILES string of the molecule is CCC(=O)c1c(CC)c2n3c1[C@@H](O[Si](C(C)C)(C(C)C)C(C)C)C[C@H]3CCC2. The van der Waals surface area contributed by atoms with E-state index in [-0.39, 0.29) is 6.10 Å². The first-order valence-corrected chi connectivity index (χ1v) is 13.8. The van der Waals surface area contributed by atoms with Crippen LogP contribution in [0.1, 0.15) is 121 Å². The summed E-state index contributed by atoms with van der Waals surface area (Å²) in [5.74, 6) is 0.314. The van der Waals surface area contributed by atoms with Crippen LogP contribution in [0.4, 0.5) is 0 Å². The second-order valence-corrected chi connectivity index (χ2v) is 15.3. The lowest BCUT2D eigenvalue weighted by atomic mass is 9.92. The molecule has 28 heavy (non-hydrogen) atoms. The second-order valence-electron chi connectivity index (χ2n) is 9.89. The van der Waals surface area contributed by atoms with Crippen molar-refractivity contribution >= 4 is 14.1 Å². The van der Waals surface area contributed by atoms with Crippen molar-refractivity contribution < 1.29 is 9.22 Å². The Labute approximate surface area is 173 Å². The third kappa shape index (κ3) is 3.15. The molecule has 2 atom stereocenters. The zero-order valence-electron chi connectivity index (χ0n) is 19.4. The molecular weight excluding hydrogens is 362 g/mol. The second kappa shape index (κ2) is 8.10. The molecule has 0 saturated heterocycles. The molecule has 0 spiro atoms. The fraction of sp³-hybridized carbons (Fsp3) is 0.792. The molecule has 3 heterocycles. The normalized spacial score (nSPS) is 21.8. The number of aromatic nitrogens is 1. The summed E-state index contributed by atoms with van der Waals surface area (Å²) < 4.78 is 9.85. The van der Waals surface area contributed by atoms with Crippen LogP contribution >= 0.6 is 0 Å². The molecule has 0 bridgehead atoms. The van der Waals surface area contributed by atoms with Crippen molar-refractivity contribution in [1.29, 1.82) is 0 Å². The van der Waals surface area contributed by atoms with Gasteiger partial charge in [0.2, 0.25) is 8.32 Å². The van der Waals surface area contributed by atoms with E-state index in [9.17, 15) is 4.79 Å². The molecule has 0 saturated carbocycles. The Hall–Kier alpha value is -0.873. The van der Waals surface area contributed by atoms with Gasteiger partial charge in [-0.05, 0) is 54.3 Å². The number of ketones is 1. The van der Waals surface area contributed by atoms with E-state index in [1.54, 1.807) is 0 Å². The molecule has 0 amide bonds. The van der Waals surface area contributed by atoms with E-state index in [2.05, 4.69) is 53.0 Å². The number of hydrogen-bond donors (Lipinski definition) is 0. The third-order valence-electron chi connectivity index (χ3n) is 7.57. The van der Waals surface area contributed by atoms with E-state index in [0.717, 1.165) is 24.8 Å². The Morgan fingerprint density at radius 1 is 1.11 bits per heavy atom. The highest BCUT2D eigenvalue weighted by Gasteiger charge is 2.50. The lowest BCUT2D eigenvalue weighted by Gasteiger charge is -2.44. The molecule has 0 radical (unpaired) electrons. The van der Waals surface area contributed by atoms with Gasteiger partial charge in [0.05, 0.1) is 11.8 Å². The Morgan fingerprint density at radius 2 is 1.71 bits per heavy atom. The first kappa shape index (κ1) is 21.8. The van der Waals surface area contributed by atoms with Gasteiger partial charge in [-0.2, -0.15) is 0 Å². The number of rotatable bonds is 8.